The largest absolute Gasteiger partial charge is 0.356 e. The molecule has 1 aromatic carbocycles. The molecule has 1 spiro atoms. The van der Waals surface area contributed by atoms with Gasteiger partial charge in [0, 0.05) is 45.0 Å². The highest BCUT2D eigenvalue weighted by Crippen LogP contribution is 2.48. The highest BCUT2D eigenvalue weighted by molar-refractivity contribution is 5.41. The van der Waals surface area contributed by atoms with Gasteiger partial charge in [-0.25, -0.2) is 4.79 Å². The normalized spacial score (nSPS) is 25.5. The number of hydrogen-bond acceptors (Lipinski definition) is 6. The molecule has 0 radical (unpaired) electrons. The highest BCUT2D eigenvalue weighted by Gasteiger charge is 2.44. The lowest BCUT2D eigenvalue weighted by Gasteiger charge is -2.51. The van der Waals surface area contributed by atoms with Crippen LogP contribution in [0.15, 0.2) is 41.3 Å². The van der Waals surface area contributed by atoms with Gasteiger partial charge in [-0.1, -0.05) is 19.1 Å². The molecular formula is C26H38N6O. The van der Waals surface area contributed by atoms with Gasteiger partial charge in [-0.15, -0.1) is 0 Å². The molecule has 2 saturated heterocycles. The summed E-state index contributed by atoms with van der Waals surface area (Å²) in [6.07, 6.45) is 7.47. The molecule has 5 rings (SSSR count). The molecule has 3 heterocycles. The smallest absolute Gasteiger partial charge is 0.354 e. The van der Waals surface area contributed by atoms with Gasteiger partial charge in [0.2, 0.25) is 0 Å². The third-order valence-corrected chi connectivity index (χ3v) is 8.41. The molecule has 178 valence electrons. The molecule has 3 aliphatic rings. The van der Waals surface area contributed by atoms with Gasteiger partial charge < -0.3 is 21.3 Å². The monoisotopic (exact) mass is 450 g/mol. The Balaban J connectivity index is 1.18. The fraction of sp³-hybridized carbons (Fsp3) is 0.615. The number of piperidine rings is 1. The quantitative estimate of drug-likeness (QED) is 0.699. The van der Waals surface area contributed by atoms with Gasteiger partial charge in [0.25, 0.3) is 0 Å². The second kappa shape index (κ2) is 9.20. The average molecular weight is 451 g/mol. The van der Waals surface area contributed by atoms with E-state index >= 15 is 0 Å². The molecule has 1 aliphatic carbocycles. The van der Waals surface area contributed by atoms with Crippen LogP contribution in [0.1, 0.15) is 38.2 Å². The third-order valence-electron chi connectivity index (χ3n) is 8.41. The minimum absolute atomic E-state index is 0.218. The first-order valence-corrected chi connectivity index (χ1v) is 12.6. The van der Waals surface area contributed by atoms with E-state index < -0.39 is 0 Å². The molecule has 2 aliphatic heterocycles. The Morgan fingerprint density at radius 1 is 1.09 bits per heavy atom. The van der Waals surface area contributed by atoms with Crippen LogP contribution >= 0.6 is 0 Å². The van der Waals surface area contributed by atoms with Crippen LogP contribution in [0.5, 0.6) is 0 Å². The Morgan fingerprint density at radius 3 is 2.42 bits per heavy atom. The Bertz CT molecular complexity index is 1000. The molecule has 2 atom stereocenters. The van der Waals surface area contributed by atoms with Gasteiger partial charge >= 0.3 is 5.69 Å². The molecule has 4 N–H and O–H groups in total. The molecule has 2 aromatic rings. The van der Waals surface area contributed by atoms with Crippen LogP contribution in [-0.4, -0.2) is 59.8 Å². The summed E-state index contributed by atoms with van der Waals surface area (Å²) in [4.78, 5) is 22.0. The Morgan fingerprint density at radius 2 is 1.82 bits per heavy atom. The van der Waals surface area contributed by atoms with Crippen molar-refractivity contribution in [2.75, 3.05) is 44.2 Å². The molecule has 33 heavy (non-hydrogen) atoms. The summed E-state index contributed by atoms with van der Waals surface area (Å²) >= 11 is 0. The van der Waals surface area contributed by atoms with Crippen molar-refractivity contribution in [2.24, 2.45) is 28.7 Å². The number of anilines is 1. The first-order valence-electron chi connectivity index (χ1n) is 12.6. The lowest BCUT2D eigenvalue weighted by molar-refractivity contribution is 0.0711. The van der Waals surface area contributed by atoms with Gasteiger partial charge in [0.1, 0.15) is 5.82 Å². The zero-order valence-electron chi connectivity index (χ0n) is 19.8. The maximum atomic E-state index is 12.8. The van der Waals surface area contributed by atoms with E-state index in [4.69, 9.17) is 11.5 Å². The SMILES string of the molecule is CC1CN(CCc2ccc(-n3ccc(N4CCC5(CC4)CC(N)C5)nc3=O)cc2)C[C@H]1CN. The minimum atomic E-state index is -0.218. The van der Waals surface area contributed by atoms with E-state index in [1.54, 1.807) is 4.57 Å². The number of likely N-dealkylation sites (tertiary alicyclic amines) is 1. The maximum Gasteiger partial charge on any atom is 0.354 e. The minimum Gasteiger partial charge on any atom is -0.356 e. The molecule has 0 amide bonds. The van der Waals surface area contributed by atoms with Crippen LogP contribution in [0.3, 0.4) is 0 Å². The number of nitrogens with zero attached hydrogens (tertiary/aromatic N) is 4. The fourth-order valence-electron chi connectivity index (χ4n) is 6.18. The molecule has 7 heteroatoms. The van der Waals surface area contributed by atoms with E-state index in [-0.39, 0.29) is 5.69 Å². The van der Waals surface area contributed by atoms with Crippen molar-refractivity contribution in [3.05, 3.63) is 52.6 Å². The summed E-state index contributed by atoms with van der Waals surface area (Å²) in [6, 6.07) is 10.7. The van der Waals surface area contributed by atoms with Crippen molar-refractivity contribution in [3.63, 3.8) is 0 Å². The number of rotatable bonds is 6. The van der Waals surface area contributed by atoms with Gasteiger partial charge in [-0.3, -0.25) is 4.57 Å². The second-order valence-electron chi connectivity index (χ2n) is 10.7. The Kier molecular flexibility index (Phi) is 6.29. The van der Waals surface area contributed by atoms with Gasteiger partial charge in [0.05, 0.1) is 5.69 Å². The van der Waals surface area contributed by atoms with Crippen LogP contribution in [0, 0.1) is 17.3 Å². The van der Waals surface area contributed by atoms with Crippen LogP contribution in [0.25, 0.3) is 5.69 Å². The summed E-state index contributed by atoms with van der Waals surface area (Å²) in [5.41, 5.74) is 14.3. The lowest BCUT2D eigenvalue weighted by Crippen LogP contribution is -2.52. The summed E-state index contributed by atoms with van der Waals surface area (Å²) in [7, 11) is 0. The zero-order valence-corrected chi connectivity index (χ0v) is 19.8. The first-order chi connectivity index (χ1) is 15.9. The van der Waals surface area contributed by atoms with Crippen molar-refractivity contribution in [2.45, 2.75) is 45.1 Å². The number of nitrogens with two attached hydrogens (primary N) is 2. The van der Waals surface area contributed by atoms with Crippen molar-refractivity contribution in [3.8, 4) is 5.69 Å². The summed E-state index contributed by atoms with van der Waals surface area (Å²) in [5.74, 6) is 2.10. The third kappa shape index (κ3) is 4.72. The number of aromatic nitrogens is 2. The first kappa shape index (κ1) is 22.6. The highest BCUT2D eigenvalue weighted by atomic mass is 16.1. The molecule has 1 saturated carbocycles. The molecule has 7 nitrogen and oxygen atoms in total. The lowest BCUT2D eigenvalue weighted by atomic mass is 9.61. The Hall–Kier alpha value is -2.22. The van der Waals surface area contributed by atoms with Crippen LogP contribution < -0.4 is 22.1 Å². The van der Waals surface area contributed by atoms with E-state index in [1.807, 2.05) is 24.4 Å². The number of hydrogen-bond donors (Lipinski definition) is 2. The molecule has 0 bridgehead atoms. The van der Waals surface area contributed by atoms with Crippen LogP contribution in [-0.2, 0) is 6.42 Å². The van der Waals surface area contributed by atoms with Crippen molar-refractivity contribution >= 4 is 5.82 Å². The topological polar surface area (TPSA) is 93.4 Å². The zero-order chi connectivity index (χ0) is 23.0. The average Bonchev–Trinajstić information content (AvgIpc) is 3.17. The second-order valence-corrected chi connectivity index (χ2v) is 10.7. The molecular weight excluding hydrogens is 412 g/mol. The predicted octanol–water partition coefficient (Wildman–Crippen LogP) is 2.01. The summed E-state index contributed by atoms with van der Waals surface area (Å²) in [6.45, 7) is 8.29. The summed E-state index contributed by atoms with van der Waals surface area (Å²) < 4.78 is 1.64. The van der Waals surface area contributed by atoms with E-state index in [9.17, 15) is 4.79 Å². The van der Waals surface area contributed by atoms with E-state index in [1.165, 1.54) is 5.56 Å². The van der Waals surface area contributed by atoms with E-state index in [0.717, 1.165) is 82.9 Å². The molecule has 1 aromatic heterocycles. The van der Waals surface area contributed by atoms with Gasteiger partial charge in [-0.2, -0.15) is 4.98 Å². The standard InChI is InChI=1S/C26H38N6O/c1-19-17-30(18-21(19)16-27)10-6-20-2-4-23(5-3-20)32-11-7-24(29-25(32)33)31-12-8-26(9-13-31)14-22(28)15-26/h2-5,7,11,19,21-22H,6,8-10,12-18,27-28H2,1H3/t19?,21-/m1/s1. The van der Waals surface area contributed by atoms with Gasteiger partial charge in [-0.05, 0) is 79.7 Å². The number of benzene rings is 1. The molecule has 3 fully saturated rings. The van der Waals surface area contributed by atoms with Crippen molar-refractivity contribution in [1.82, 2.24) is 14.5 Å². The summed E-state index contributed by atoms with van der Waals surface area (Å²) in [5, 5.41) is 0. The Labute approximate surface area is 196 Å². The van der Waals surface area contributed by atoms with Crippen molar-refractivity contribution in [1.29, 1.82) is 0 Å². The van der Waals surface area contributed by atoms with Gasteiger partial charge in [0.15, 0.2) is 0 Å². The van der Waals surface area contributed by atoms with E-state index in [0.29, 0.717) is 23.3 Å². The molecule has 1 unspecified atom stereocenters. The van der Waals surface area contributed by atoms with Crippen LogP contribution in [0.2, 0.25) is 0 Å². The fourth-order valence-corrected chi connectivity index (χ4v) is 6.18. The van der Waals surface area contributed by atoms with Crippen LogP contribution in [0.4, 0.5) is 5.82 Å². The predicted molar refractivity (Wildman–Crippen MR) is 133 cm³/mol. The maximum absolute atomic E-state index is 12.8. The van der Waals surface area contributed by atoms with Crippen molar-refractivity contribution < 1.29 is 0 Å². The van der Waals surface area contributed by atoms with E-state index in [2.05, 4.69) is 33.8 Å².